The average Bonchev–Trinajstić information content (AvgIpc) is 2.26. The molecule has 0 radical (unpaired) electrons. The Bertz CT molecular complexity index is 469. The second kappa shape index (κ2) is 5.44. The fourth-order valence-corrected chi connectivity index (χ4v) is 1.72. The standard InChI is InChI=1S/C12H10ClF3O2/c1-7(11(17)18-2)10(12(14,15)16)8-4-3-5-9(13)6-8/h3-6,10H,1H2,2H3. The lowest BCUT2D eigenvalue weighted by molar-refractivity contribution is -0.153. The van der Waals surface area contributed by atoms with Crippen molar-refractivity contribution in [2.24, 2.45) is 0 Å². The summed E-state index contributed by atoms with van der Waals surface area (Å²) in [5, 5.41) is 0.152. The van der Waals surface area contributed by atoms with Crippen LogP contribution in [0.1, 0.15) is 11.5 Å². The van der Waals surface area contributed by atoms with Crippen LogP contribution in [0.15, 0.2) is 36.4 Å². The second-order valence-corrected chi connectivity index (χ2v) is 3.98. The molecule has 0 N–H and O–H groups in total. The van der Waals surface area contributed by atoms with Crippen LogP contribution in [0.2, 0.25) is 5.02 Å². The number of ether oxygens (including phenoxy) is 1. The molecule has 18 heavy (non-hydrogen) atoms. The monoisotopic (exact) mass is 278 g/mol. The molecule has 0 bridgehead atoms. The molecule has 1 unspecified atom stereocenters. The predicted molar refractivity (Wildman–Crippen MR) is 61.4 cm³/mol. The molecule has 0 spiro atoms. The Morgan fingerprint density at radius 1 is 1.44 bits per heavy atom. The van der Waals surface area contributed by atoms with Gasteiger partial charge in [0, 0.05) is 10.6 Å². The van der Waals surface area contributed by atoms with E-state index in [1.807, 2.05) is 0 Å². The van der Waals surface area contributed by atoms with Crippen LogP contribution >= 0.6 is 11.6 Å². The molecule has 0 aliphatic carbocycles. The Labute approximate surface area is 107 Å². The SMILES string of the molecule is C=C(C(=O)OC)C(c1cccc(Cl)c1)C(F)(F)F. The van der Waals surface area contributed by atoms with Crippen LogP contribution in [0.25, 0.3) is 0 Å². The molecule has 0 aromatic heterocycles. The van der Waals surface area contributed by atoms with Gasteiger partial charge in [0.1, 0.15) is 5.92 Å². The van der Waals surface area contributed by atoms with Crippen molar-refractivity contribution in [3.63, 3.8) is 0 Å². The molecular weight excluding hydrogens is 269 g/mol. The van der Waals surface area contributed by atoms with Gasteiger partial charge < -0.3 is 4.74 Å². The second-order valence-electron chi connectivity index (χ2n) is 3.55. The van der Waals surface area contributed by atoms with Gasteiger partial charge in [-0.05, 0) is 17.7 Å². The lowest BCUT2D eigenvalue weighted by Crippen LogP contribution is -2.26. The number of halogens is 4. The van der Waals surface area contributed by atoms with Gasteiger partial charge in [0.05, 0.1) is 7.11 Å². The van der Waals surface area contributed by atoms with Crippen molar-refractivity contribution in [2.45, 2.75) is 12.1 Å². The highest BCUT2D eigenvalue weighted by Crippen LogP contribution is 2.40. The minimum atomic E-state index is -4.64. The van der Waals surface area contributed by atoms with Gasteiger partial charge in [0.25, 0.3) is 0 Å². The van der Waals surface area contributed by atoms with Gasteiger partial charge in [0.2, 0.25) is 0 Å². The van der Waals surface area contributed by atoms with Crippen molar-refractivity contribution in [3.8, 4) is 0 Å². The molecule has 0 aliphatic heterocycles. The fraction of sp³-hybridized carbons (Fsp3) is 0.250. The molecule has 0 fully saturated rings. The van der Waals surface area contributed by atoms with E-state index >= 15 is 0 Å². The first-order valence-electron chi connectivity index (χ1n) is 4.86. The first-order valence-corrected chi connectivity index (χ1v) is 5.24. The fourth-order valence-electron chi connectivity index (χ4n) is 1.52. The summed E-state index contributed by atoms with van der Waals surface area (Å²) >= 11 is 5.64. The maximum absolute atomic E-state index is 13.0. The van der Waals surface area contributed by atoms with E-state index in [1.165, 1.54) is 18.2 Å². The Balaban J connectivity index is 3.23. The number of hydrogen-bond acceptors (Lipinski definition) is 2. The maximum atomic E-state index is 13.0. The number of esters is 1. The van der Waals surface area contributed by atoms with Crippen LogP contribution in [-0.2, 0) is 9.53 Å². The highest BCUT2D eigenvalue weighted by atomic mass is 35.5. The predicted octanol–water partition coefficient (Wildman–Crippen LogP) is 3.72. The number of benzene rings is 1. The molecule has 1 aromatic carbocycles. The van der Waals surface area contributed by atoms with E-state index in [0.717, 1.165) is 13.2 Å². The van der Waals surface area contributed by atoms with E-state index in [2.05, 4.69) is 11.3 Å². The lowest BCUT2D eigenvalue weighted by atomic mass is 9.91. The molecule has 1 aromatic rings. The molecular formula is C12H10ClF3O2. The van der Waals surface area contributed by atoms with Crippen LogP contribution in [0.4, 0.5) is 13.2 Å². The Hall–Kier alpha value is -1.49. The van der Waals surface area contributed by atoms with Crippen LogP contribution in [-0.4, -0.2) is 19.3 Å². The molecule has 2 nitrogen and oxygen atoms in total. The lowest BCUT2D eigenvalue weighted by Gasteiger charge is -2.21. The van der Waals surface area contributed by atoms with E-state index in [4.69, 9.17) is 11.6 Å². The van der Waals surface area contributed by atoms with Gasteiger partial charge in [-0.25, -0.2) is 4.79 Å². The number of hydrogen-bond donors (Lipinski definition) is 0. The normalized spacial score (nSPS) is 12.9. The average molecular weight is 279 g/mol. The summed E-state index contributed by atoms with van der Waals surface area (Å²) in [7, 11) is 0.999. The molecule has 1 atom stereocenters. The van der Waals surface area contributed by atoms with Crippen molar-refractivity contribution in [1.29, 1.82) is 0 Å². The minimum absolute atomic E-state index is 0.148. The van der Waals surface area contributed by atoms with Crippen molar-refractivity contribution >= 4 is 17.6 Å². The van der Waals surface area contributed by atoms with Crippen LogP contribution < -0.4 is 0 Å². The number of carbonyl (C=O) groups is 1. The third kappa shape index (κ3) is 3.26. The summed E-state index contributed by atoms with van der Waals surface area (Å²) in [5.74, 6) is -3.22. The van der Waals surface area contributed by atoms with Crippen molar-refractivity contribution in [3.05, 3.63) is 47.0 Å². The number of rotatable bonds is 3. The summed E-state index contributed by atoms with van der Waals surface area (Å²) < 4.78 is 43.2. The number of alkyl halides is 3. The van der Waals surface area contributed by atoms with Crippen LogP contribution in [0, 0.1) is 0 Å². The maximum Gasteiger partial charge on any atom is 0.399 e. The number of methoxy groups -OCH3 is 1. The highest BCUT2D eigenvalue weighted by Gasteiger charge is 2.44. The van der Waals surface area contributed by atoms with E-state index in [1.54, 1.807) is 0 Å². The van der Waals surface area contributed by atoms with Crippen molar-refractivity contribution in [1.82, 2.24) is 0 Å². The first-order chi connectivity index (χ1) is 8.27. The molecule has 6 heteroatoms. The summed E-state index contributed by atoms with van der Waals surface area (Å²) in [4.78, 5) is 11.2. The van der Waals surface area contributed by atoms with Gasteiger partial charge in [0.15, 0.2) is 0 Å². The van der Waals surface area contributed by atoms with Crippen molar-refractivity contribution in [2.75, 3.05) is 7.11 Å². The zero-order valence-corrected chi connectivity index (χ0v) is 10.2. The summed E-state index contributed by atoms with van der Waals surface area (Å²) in [6.07, 6.45) is -4.64. The van der Waals surface area contributed by atoms with E-state index < -0.39 is 23.6 Å². The Morgan fingerprint density at radius 2 is 2.06 bits per heavy atom. The molecule has 0 aliphatic rings. The van der Waals surface area contributed by atoms with Crippen molar-refractivity contribution < 1.29 is 22.7 Å². The van der Waals surface area contributed by atoms with Gasteiger partial charge >= 0.3 is 12.1 Å². The molecule has 0 saturated carbocycles. The number of carbonyl (C=O) groups excluding carboxylic acids is 1. The minimum Gasteiger partial charge on any atom is -0.466 e. The summed E-state index contributed by atoms with van der Waals surface area (Å²) in [6, 6.07) is 5.20. The first kappa shape index (κ1) is 14.6. The van der Waals surface area contributed by atoms with Gasteiger partial charge in [-0.2, -0.15) is 13.2 Å². The summed E-state index contributed by atoms with van der Waals surface area (Å²) in [6.45, 7) is 3.16. The topological polar surface area (TPSA) is 26.3 Å². The van der Waals surface area contributed by atoms with E-state index in [0.29, 0.717) is 0 Å². The molecule has 98 valence electrons. The quantitative estimate of drug-likeness (QED) is 0.622. The summed E-state index contributed by atoms with van der Waals surface area (Å²) in [5.41, 5.74) is -0.822. The van der Waals surface area contributed by atoms with Crippen LogP contribution in [0.3, 0.4) is 0 Å². The molecule has 0 amide bonds. The Kier molecular flexibility index (Phi) is 4.40. The van der Waals surface area contributed by atoms with E-state index in [-0.39, 0.29) is 10.6 Å². The van der Waals surface area contributed by atoms with Gasteiger partial charge in [-0.15, -0.1) is 0 Å². The Morgan fingerprint density at radius 3 is 2.50 bits per heavy atom. The highest BCUT2D eigenvalue weighted by molar-refractivity contribution is 6.30. The van der Waals surface area contributed by atoms with E-state index in [9.17, 15) is 18.0 Å². The zero-order valence-electron chi connectivity index (χ0n) is 9.42. The third-order valence-electron chi connectivity index (χ3n) is 2.31. The zero-order chi connectivity index (χ0) is 13.9. The third-order valence-corrected chi connectivity index (χ3v) is 2.54. The molecule has 0 saturated heterocycles. The van der Waals surface area contributed by atoms with Gasteiger partial charge in [-0.3, -0.25) is 0 Å². The van der Waals surface area contributed by atoms with Crippen LogP contribution in [0.5, 0.6) is 0 Å². The molecule has 1 rings (SSSR count). The smallest absolute Gasteiger partial charge is 0.399 e. The van der Waals surface area contributed by atoms with Gasteiger partial charge in [-0.1, -0.05) is 30.3 Å². The largest absolute Gasteiger partial charge is 0.466 e. The molecule has 0 heterocycles.